The third kappa shape index (κ3) is 3.54. The van der Waals surface area contributed by atoms with Gasteiger partial charge in [-0.05, 0) is 18.9 Å². The molecule has 2 N–H and O–H groups in total. The van der Waals surface area contributed by atoms with Gasteiger partial charge in [0.1, 0.15) is 7.85 Å². The van der Waals surface area contributed by atoms with Gasteiger partial charge < -0.3 is 14.5 Å². The van der Waals surface area contributed by atoms with Crippen LogP contribution in [0.5, 0.6) is 0 Å². The van der Waals surface area contributed by atoms with E-state index < -0.39 is 7.60 Å². The molecule has 1 heterocycles. The van der Waals surface area contributed by atoms with Crippen LogP contribution in [0.25, 0.3) is 0 Å². The largest absolute Gasteiger partial charge is 0.380 e. The van der Waals surface area contributed by atoms with E-state index in [4.69, 9.17) is 14.5 Å². The maximum atomic E-state index is 10.4. The van der Waals surface area contributed by atoms with E-state index in [1.807, 2.05) is 7.85 Å². The predicted molar refractivity (Wildman–Crippen MR) is 47.6 cm³/mol. The minimum absolute atomic E-state index is 0.118. The summed E-state index contributed by atoms with van der Waals surface area (Å²) in [6, 6.07) is 0.205. The van der Waals surface area contributed by atoms with Crippen LogP contribution in [0.3, 0.4) is 0 Å². The summed E-state index contributed by atoms with van der Waals surface area (Å²) in [5.41, 5.74) is 0. The molecule has 0 unspecified atom stereocenters. The monoisotopic (exact) mass is 190 g/mol. The highest BCUT2D eigenvalue weighted by Crippen LogP contribution is 2.36. The second-order valence-electron chi connectivity index (χ2n) is 2.99. The van der Waals surface area contributed by atoms with Crippen molar-refractivity contribution in [2.45, 2.75) is 24.9 Å². The molecular weight excluding hydrogens is 178 g/mol. The summed E-state index contributed by atoms with van der Waals surface area (Å²) in [4.78, 5) is 17.0. The lowest BCUT2D eigenvalue weighted by molar-refractivity contribution is 0.120. The van der Waals surface area contributed by atoms with E-state index in [2.05, 4.69) is 0 Å². The van der Waals surface area contributed by atoms with E-state index in [0.717, 1.165) is 18.7 Å². The van der Waals surface area contributed by atoms with Crippen molar-refractivity contribution < 1.29 is 19.1 Å². The SMILES string of the molecule is B[C@H]1CC[C@@H](/C=C/P(=O)(O)O)O1. The van der Waals surface area contributed by atoms with Crippen molar-refractivity contribution >= 4 is 15.4 Å². The van der Waals surface area contributed by atoms with Crippen LogP contribution in [0.4, 0.5) is 0 Å². The standard InChI is InChI=1S/C6H12BO4P/c7-6-2-1-5(11-6)3-4-12(8,9)10/h3-6H,1-2,7H2,(H2,8,9,10)/b4-3+/t5-,6+/m0/s1. The summed E-state index contributed by atoms with van der Waals surface area (Å²) in [6.45, 7) is 0. The van der Waals surface area contributed by atoms with E-state index in [1.165, 1.54) is 6.08 Å². The fourth-order valence-electron chi connectivity index (χ4n) is 1.18. The first-order valence-corrected chi connectivity index (χ1v) is 5.55. The second-order valence-corrected chi connectivity index (χ2v) is 4.47. The molecule has 6 heteroatoms. The zero-order valence-corrected chi connectivity index (χ0v) is 7.78. The zero-order valence-electron chi connectivity index (χ0n) is 6.88. The third-order valence-corrected chi connectivity index (χ3v) is 2.32. The Morgan fingerprint density at radius 2 is 2.17 bits per heavy atom. The molecule has 0 radical (unpaired) electrons. The van der Waals surface area contributed by atoms with E-state index in [-0.39, 0.29) is 12.1 Å². The lowest BCUT2D eigenvalue weighted by atomic mass is 9.97. The summed E-state index contributed by atoms with van der Waals surface area (Å²) in [5.74, 6) is 0.912. The first-order chi connectivity index (χ1) is 5.47. The highest BCUT2D eigenvalue weighted by Gasteiger charge is 2.20. The minimum Gasteiger partial charge on any atom is -0.380 e. The van der Waals surface area contributed by atoms with Crippen molar-refractivity contribution in [3.05, 3.63) is 11.9 Å². The Labute approximate surface area is 72.2 Å². The summed E-state index contributed by atoms with van der Waals surface area (Å²) in [7, 11) is -2.05. The Morgan fingerprint density at radius 3 is 2.58 bits per heavy atom. The van der Waals surface area contributed by atoms with Crippen molar-refractivity contribution in [3.8, 4) is 0 Å². The third-order valence-electron chi connectivity index (χ3n) is 1.76. The Morgan fingerprint density at radius 1 is 1.50 bits per heavy atom. The normalized spacial score (nSPS) is 31.5. The Balaban J connectivity index is 2.42. The van der Waals surface area contributed by atoms with Crippen LogP contribution >= 0.6 is 7.60 Å². The summed E-state index contributed by atoms with van der Waals surface area (Å²) in [6.07, 6.45) is 3.13. The average Bonchev–Trinajstić information content (AvgIpc) is 2.30. The fraction of sp³-hybridized carbons (Fsp3) is 0.667. The highest BCUT2D eigenvalue weighted by atomic mass is 31.2. The van der Waals surface area contributed by atoms with Gasteiger partial charge >= 0.3 is 7.60 Å². The quantitative estimate of drug-likeness (QED) is 0.468. The second kappa shape index (κ2) is 3.75. The molecule has 0 aromatic heterocycles. The summed E-state index contributed by atoms with van der Waals surface area (Å²) in [5, 5.41) is 0. The van der Waals surface area contributed by atoms with Crippen LogP contribution in [0.15, 0.2) is 11.9 Å². The molecule has 1 aliphatic rings. The van der Waals surface area contributed by atoms with Gasteiger partial charge in [0, 0.05) is 11.8 Å². The maximum absolute atomic E-state index is 10.4. The van der Waals surface area contributed by atoms with Gasteiger partial charge in [-0.2, -0.15) is 0 Å². The van der Waals surface area contributed by atoms with Crippen LogP contribution in [0, 0.1) is 0 Å². The van der Waals surface area contributed by atoms with Gasteiger partial charge in [0.2, 0.25) is 0 Å². The van der Waals surface area contributed by atoms with Crippen molar-refractivity contribution in [1.82, 2.24) is 0 Å². The smallest absolute Gasteiger partial charge is 0.348 e. The van der Waals surface area contributed by atoms with Crippen LogP contribution in [-0.4, -0.2) is 29.7 Å². The fourth-order valence-corrected chi connectivity index (χ4v) is 1.60. The van der Waals surface area contributed by atoms with Gasteiger partial charge in [-0.15, -0.1) is 0 Å². The van der Waals surface area contributed by atoms with Crippen molar-refractivity contribution in [3.63, 3.8) is 0 Å². The number of ether oxygens (including phenoxy) is 1. The van der Waals surface area contributed by atoms with Crippen molar-refractivity contribution in [1.29, 1.82) is 0 Å². The van der Waals surface area contributed by atoms with Gasteiger partial charge in [0.25, 0.3) is 0 Å². The topological polar surface area (TPSA) is 66.8 Å². The van der Waals surface area contributed by atoms with Crippen molar-refractivity contribution in [2.75, 3.05) is 0 Å². The molecule has 0 amide bonds. The van der Waals surface area contributed by atoms with Gasteiger partial charge in [-0.1, -0.05) is 0 Å². The van der Waals surface area contributed by atoms with E-state index in [1.54, 1.807) is 0 Å². The molecule has 0 bridgehead atoms. The summed E-state index contributed by atoms with van der Waals surface area (Å²) >= 11 is 0. The number of hydrogen-bond acceptors (Lipinski definition) is 2. The molecule has 0 spiro atoms. The first-order valence-electron chi connectivity index (χ1n) is 3.87. The molecule has 0 aromatic rings. The Bertz CT molecular complexity index is 224. The lowest BCUT2D eigenvalue weighted by Gasteiger charge is -2.05. The van der Waals surface area contributed by atoms with Gasteiger partial charge in [-0.25, -0.2) is 0 Å². The molecule has 12 heavy (non-hydrogen) atoms. The molecule has 2 atom stereocenters. The van der Waals surface area contributed by atoms with Gasteiger partial charge in [0.05, 0.1) is 6.10 Å². The molecule has 1 aliphatic heterocycles. The maximum Gasteiger partial charge on any atom is 0.348 e. The Hall–Kier alpha value is -0.0851. The van der Waals surface area contributed by atoms with Crippen LogP contribution in [-0.2, 0) is 9.30 Å². The Kier molecular flexibility index (Phi) is 3.12. The molecule has 1 fully saturated rings. The molecule has 1 rings (SSSR count). The minimum atomic E-state index is -4.00. The molecule has 68 valence electrons. The predicted octanol–water partition coefficient (Wildman–Crippen LogP) is -0.184. The molecular formula is C6H12BO4P. The number of rotatable bonds is 2. The van der Waals surface area contributed by atoms with Crippen LogP contribution in [0.2, 0.25) is 0 Å². The van der Waals surface area contributed by atoms with E-state index >= 15 is 0 Å². The average molecular weight is 190 g/mol. The lowest BCUT2D eigenvalue weighted by Crippen LogP contribution is -2.07. The van der Waals surface area contributed by atoms with Crippen molar-refractivity contribution in [2.24, 2.45) is 0 Å². The van der Waals surface area contributed by atoms with E-state index in [9.17, 15) is 4.57 Å². The highest BCUT2D eigenvalue weighted by molar-refractivity contribution is 7.55. The molecule has 1 saturated heterocycles. The molecule has 0 aromatic carbocycles. The zero-order chi connectivity index (χ0) is 9.19. The molecule has 0 aliphatic carbocycles. The molecule has 0 saturated carbocycles. The van der Waals surface area contributed by atoms with Crippen LogP contribution in [0.1, 0.15) is 12.8 Å². The van der Waals surface area contributed by atoms with Gasteiger partial charge in [0.15, 0.2) is 0 Å². The first kappa shape index (κ1) is 10.00. The van der Waals surface area contributed by atoms with Gasteiger partial charge in [-0.3, -0.25) is 4.57 Å². The summed E-state index contributed by atoms with van der Waals surface area (Å²) < 4.78 is 15.7. The van der Waals surface area contributed by atoms with Crippen LogP contribution < -0.4 is 0 Å². The van der Waals surface area contributed by atoms with E-state index in [0.29, 0.717) is 0 Å². The molecule has 4 nitrogen and oxygen atoms in total. The number of hydrogen-bond donors (Lipinski definition) is 2.